The molecule has 10 heteroatoms. The minimum atomic E-state index is -0.422. The molecule has 1 amide bonds. The molecule has 2 heterocycles. The molecule has 2 aromatic heterocycles. The van der Waals surface area contributed by atoms with Crippen LogP contribution in [0.25, 0.3) is 0 Å². The van der Waals surface area contributed by atoms with Crippen LogP contribution in [-0.2, 0) is 6.61 Å². The molecule has 0 aliphatic rings. The van der Waals surface area contributed by atoms with E-state index in [1.54, 1.807) is 20.1 Å². The van der Waals surface area contributed by atoms with Crippen LogP contribution in [0.1, 0.15) is 40.7 Å². The van der Waals surface area contributed by atoms with E-state index in [1.807, 2.05) is 19.1 Å². The van der Waals surface area contributed by atoms with Crippen LogP contribution < -0.4 is 14.8 Å². The predicted molar refractivity (Wildman–Crippen MR) is 88.6 cm³/mol. The maximum absolute atomic E-state index is 12.2. The van der Waals surface area contributed by atoms with Crippen LogP contribution in [0, 0.1) is 6.92 Å². The zero-order chi connectivity index (χ0) is 18.5. The second-order valence-corrected chi connectivity index (χ2v) is 5.53. The van der Waals surface area contributed by atoms with Gasteiger partial charge < -0.3 is 19.2 Å². The van der Waals surface area contributed by atoms with Crippen molar-refractivity contribution >= 4 is 5.91 Å². The van der Waals surface area contributed by atoms with Crippen molar-refractivity contribution in [1.82, 2.24) is 30.9 Å². The Morgan fingerprint density at radius 1 is 1.38 bits per heavy atom. The van der Waals surface area contributed by atoms with Gasteiger partial charge in [0.05, 0.1) is 13.2 Å². The van der Waals surface area contributed by atoms with Gasteiger partial charge in [-0.15, -0.1) is 10.2 Å². The highest BCUT2D eigenvalue weighted by atomic mass is 16.5. The number of amides is 1. The highest BCUT2D eigenvalue weighted by Crippen LogP contribution is 2.28. The van der Waals surface area contributed by atoms with Crippen LogP contribution in [0.2, 0.25) is 0 Å². The summed E-state index contributed by atoms with van der Waals surface area (Å²) in [5.41, 5.74) is 1.19. The first kappa shape index (κ1) is 17.4. The third-order valence-electron chi connectivity index (χ3n) is 3.55. The van der Waals surface area contributed by atoms with Gasteiger partial charge in [-0.1, -0.05) is 11.3 Å². The summed E-state index contributed by atoms with van der Waals surface area (Å²) in [4.78, 5) is 16.3. The molecule has 1 atom stereocenters. The maximum Gasteiger partial charge on any atom is 0.273 e. The van der Waals surface area contributed by atoms with Crippen LogP contribution in [0.3, 0.4) is 0 Å². The van der Waals surface area contributed by atoms with Crippen LogP contribution in [0.4, 0.5) is 0 Å². The van der Waals surface area contributed by atoms with Gasteiger partial charge in [0.1, 0.15) is 6.26 Å². The van der Waals surface area contributed by atoms with Crippen molar-refractivity contribution in [2.24, 2.45) is 0 Å². The first-order chi connectivity index (χ1) is 12.6. The van der Waals surface area contributed by atoms with Gasteiger partial charge in [-0.2, -0.15) is 5.21 Å². The summed E-state index contributed by atoms with van der Waals surface area (Å²) in [6, 6.07) is 5.15. The minimum absolute atomic E-state index is 0.0626. The number of carbonyl (C=O) groups is 1. The number of tetrazole rings is 1. The van der Waals surface area contributed by atoms with Crippen molar-refractivity contribution in [2.45, 2.75) is 26.5 Å². The Hall–Kier alpha value is -3.43. The fourth-order valence-corrected chi connectivity index (χ4v) is 2.20. The van der Waals surface area contributed by atoms with Crippen molar-refractivity contribution in [2.75, 3.05) is 7.11 Å². The Balaban J connectivity index is 1.60. The number of benzene rings is 1. The fraction of sp³-hybridized carbons (Fsp3) is 0.312. The molecule has 0 saturated carbocycles. The molecule has 0 aliphatic carbocycles. The van der Waals surface area contributed by atoms with Crippen molar-refractivity contribution in [1.29, 1.82) is 0 Å². The number of hydrogen-bond donors (Lipinski definition) is 2. The van der Waals surface area contributed by atoms with E-state index in [0.29, 0.717) is 17.3 Å². The van der Waals surface area contributed by atoms with E-state index in [-0.39, 0.29) is 18.2 Å². The molecule has 2 N–H and O–H groups in total. The van der Waals surface area contributed by atoms with E-state index in [9.17, 15) is 4.79 Å². The molecule has 1 unspecified atom stereocenters. The standard InChI is InChI=1S/C16H18N6O4/c1-9-4-5-12(13(6-9)24-3)25-8-14-18-11(7-26-14)16(23)17-10(2)15-19-21-22-20-15/h4-7,10H,8H2,1-3H3,(H,17,23)(H,19,20,21,22). The third-order valence-corrected chi connectivity index (χ3v) is 3.55. The summed E-state index contributed by atoms with van der Waals surface area (Å²) >= 11 is 0. The van der Waals surface area contributed by atoms with E-state index in [1.165, 1.54) is 6.26 Å². The second-order valence-electron chi connectivity index (χ2n) is 5.53. The van der Waals surface area contributed by atoms with Crippen LogP contribution in [0.5, 0.6) is 11.5 Å². The summed E-state index contributed by atoms with van der Waals surface area (Å²) < 4.78 is 16.2. The summed E-state index contributed by atoms with van der Waals surface area (Å²) in [5.74, 6) is 1.41. The van der Waals surface area contributed by atoms with Crippen molar-refractivity contribution in [3.05, 3.63) is 47.4 Å². The molecule has 0 aliphatic heterocycles. The Morgan fingerprint density at radius 2 is 2.23 bits per heavy atom. The SMILES string of the molecule is COc1cc(C)ccc1OCc1nc(C(=O)NC(C)c2nn[nH]n2)co1. The molecule has 0 spiro atoms. The Morgan fingerprint density at radius 3 is 2.96 bits per heavy atom. The Kier molecular flexibility index (Phi) is 5.11. The van der Waals surface area contributed by atoms with Gasteiger partial charge in [0, 0.05) is 0 Å². The number of aromatic nitrogens is 5. The molecular formula is C16H18N6O4. The zero-order valence-corrected chi connectivity index (χ0v) is 14.5. The predicted octanol–water partition coefficient (Wildman–Crippen LogP) is 1.57. The lowest BCUT2D eigenvalue weighted by atomic mass is 10.2. The van der Waals surface area contributed by atoms with E-state index in [0.717, 1.165) is 5.56 Å². The molecule has 0 bridgehead atoms. The number of hydrogen-bond acceptors (Lipinski definition) is 8. The van der Waals surface area contributed by atoms with Crippen molar-refractivity contribution in [3.8, 4) is 11.5 Å². The molecule has 26 heavy (non-hydrogen) atoms. The van der Waals surface area contributed by atoms with Gasteiger partial charge in [0.15, 0.2) is 29.6 Å². The van der Waals surface area contributed by atoms with E-state index < -0.39 is 11.9 Å². The number of oxazole rings is 1. The summed E-state index contributed by atoms with van der Waals surface area (Å²) in [5, 5.41) is 16.1. The Labute approximate surface area is 148 Å². The van der Waals surface area contributed by atoms with Gasteiger partial charge in [-0.25, -0.2) is 4.98 Å². The van der Waals surface area contributed by atoms with Gasteiger partial charge in [-0.3, -0.25) is 4.79 Å². The molecule has 1 aromatic carbocycles. The van der Waals surface area contributed by atoms with Crippen molar-refractivity contribution in [3.63, 3.8) is 0 Å². The van der Waals surface area contributed by atoms with Gasteiger partial charge >= 0.3 is 0 Å². The Bertz CT molecular complexity index is 877. The maximum atomic E-state index is 12.2. The summed E-state index contributed by atoms with van der Waals surface area (Å²) in [6.07, 6.45) is 1.27. The molecule has 0 fully saturated rings. The number of H-pyrrole nitrogens is 1. The van der Waals surface area contributed by atoms with Crippen LogP contribution in [-0.4, -0.2) is 38.6 Å². The number of methoxy groups -OCH3 is 1. The van der Waals surface area contributed by atoms with Crippen LogP contribution >= 0.6 is 0 Å². The number of aromatic amines is 1. The van der Waals surface area contributed by atoms with Gasteiger partial charge in [0.25, 0.3) is 5.91 Å². The zero-order valence-electron chi connectivity index (χ0n) is 14.5. The number of aryl methyl sites for hydroxylation is 1. The lowest BCUT2D eigenvalue weighted by Crippen LogP contribution is -2.27. The smallest absolute Gasteiger partial charge is 0.273 e. The number of carbonyl (C=O) groups excluding carboxylic acids is 1. The quantitative estimate of drug-likeness (QED) is 0.651. The highest BCUT2D eigenvalue weighted by molar-refractivity contribution is 5.92. The summed E-state index contributed by atoms with van der Waals surface area (Å²) in [6.45, 7) is 3.75. The topological polar surface area (TPSA) is 128 Å². The van der Waals surface area contributed by atoms with E-state index in [2.05, 4.69) is 30.9 Å². The lowest BCUT2D eigenvalue weighted by Gasteiger charge is -2.09. The van der Waals surface area contributed by atoms with Crippen LogP contribution in [0.15, 0.2) is 28.9 Å². The average molecular weight is 358 g/mol. The largest absolute Gasteiger partial charge is 0.493 e. The second kappa shape index (κ2) is 7.64. The van der Waals surface area contributed by atoms with E-state index >= 15 is 0 Å². The molecule has 3 aromatic rings. The summed E-state index contributed by atoms with van der Waals surface area (Å²) in [7, 11) is 1.57. The third kappa shape index (κ3) is 3.97. The number of nitrogens with one attached hydrogen (secondary N) is 2. The fourth-order valence-electron chi connectivity index (χ4n) is 2.20. The normalized spacial score (nSPS) is 11.8. The molecule has 10 nitrogen and oxygen atoms in total. The number of nitrogens with zero attached hydrogens (tertiary/aromatic N) is 4. The average Bonchev–Trinajstić information content (AvgIpc) is 3.32. The molecular weight excluding hydrogens is 340 g/mol. The van der Waals surface area contributed by atoms with Gasteiger partial charge in [-0.05, 0) is 31.5 Å². The first-order valence-corrected chi connectivity index (χ1v) is 7.83. The molecule has 0 saturated heterocycles. The number of rotatable bonds is 7. The van der Waals surface area contributed by atoms with Crippen molar-refractivity contribution < 1.29 is 18.7 Å². The molecule has 3 rings (SSSR count). The van der Waals surface area contributed by atoms with E-state index in [4.69, 9.17) is 13.9 Å². The minimum Gasteiger partial charge on any atom is -0.493 e. The highest BCUT2D eigenvalue weighted by Gasteiger charge is 2.18. The van der Waals surface area contributed by atoms with Gasteiger partial charge in [0.2, 0.25) is 5.89 Å². The molecule has 136 valence electrons. The first-order valence-electron chi connectivity index (χ1n) is 7.83. The lowest BCUT2D eigenvalue weighted by molar-refractivity contribution is 0.0933. The molecule has 0 radical (unpaired) electrons. The monoisotopic (exact) mass is 358 g/mol. The number of ether oxygens (including phenoxy) is 2.